The molecule has 1 heterocycles. The Hall–Kier alpha value is -0.860. The summed E-state index contributed by atoms with van der Waals surface area (Å²) in [6.45, 7) is 6.31. The zero-order valence-electron chi connectivity index (χ0n) is 7.83. The fourth-order valence-electron chi connectivity index (χ4n) is 1.56. The van der Waals surface area contributed by atoms with E-state index in [2.05, 4.69) is 0 Å². The topological polar surface area (TPSA) is 37.4 Å². The monoisotopic (exact) mass is 169 g/mol. The molecule has 0 saturated carbocycles. The highest BCUT2D eigenvalue weighted by molar-refractivity contribution is 6.03. The summed E-state index contributed by atoms with van der Waals surface area (Å²) in [7, 11) is 0. The van der Waals surface area contributed by atoms with Gasteiger partial charge < -0.3 is 0 Å². The Morgan fingerprint density at radius 1 is 1.50 bits per heavy atom. The van der Waals surface area contributed by atoms with E-state index >= 15 is 0 Å². The lowest BCUT2D eigenvalue weighted by molar-refractivity contribution is -0.139. The van der Waals surface area contributed by atoms with Crippen LogP contribution < -0.4 is 0 Å². The Balaban J connectivity index is 2.75. The maximum absolute atomic E-state index is 11.5. The molecular weight excluding hydrogens is 154 g/mol. The van der Waals surface area contributed by atoms with Gasteiger partial charge in [-0.25, -0.2) is 0 Å². The number of amides is 2. The predicted octanol–water partition coefficient (Wildman–Crippen LogP) is 1.04. The second-order valence-electron chi connectivity index (χ2n) is 3.53. The number of imide groups is 1. The van der Waals surface area contributed by atoms with Gasteiger partial charge in [0.1, 0.15) is 0 Å². The zero-order valence-corrected chi connectivity index (χ0v) is 7.83. The lowest BCUT2D eigenvalue weighted by Crippen LogP contribution is -2.31. The van der Waals surface area contributed by atoms with Gasteiger partial charge in [0, 0.05) is 18.9 Å². The van der Waals surface area contributed by atoms with Crippen LogP contribution in [0, 0.1) is 11.8 Å². The molecule has 0 aromatic carbocycles. The van der Waals surface area contributed by atoms with Gasteiger partial charge in [-0.1, -0.05) is 13.8 Å². The van der Waals surface area contributed by atoms with Crippen LogP contribution in [0.5, 0.6) is 0 Å². The number of carbonyl (C=O) groups excluding carboxylic acids is 2. The summed E-state index contributed by atoms with van der Waals surface area (Å²) in [6.07, 6.45) is 0.407. The minimum atomic E-state index is -0.0718. The molecule has 68 valence electrons. The highest BCUT2D eigenvalue weighted by Crippen LogP contribution is 2.25. The highest BCUT2D eigenvalue weighted by atomic mass is 16.2. The second-order valence-corrected chi connectivity index (χ2v) is 3.53. The molecular formula is C9H15NO2. The lowest BCUT2D eigenvalue weighted by Gasteiger charge is -2.13. The summed E-state index contributed by atoms with van der Waals surface area (Å²) in [4.78, 5) is 24.1. The van der Waals surface area contributed by atoms with E-state index in [1.54, 1.807) is 0 Å². The number of hydrogen-bond acceptors (Lipinski definition) is 2. The van der Waals surface area contributed by atoms with E-state index in [0.29, 0.717) is 13.0 Å². The van der Waals surface area contributed by atoms with Crippen LogP contribution in [0.1, 0.15) is 27.2 Å². The molecule has 1 aliphatic heterocycles. The van der Waals surface area contributed by atoms with Crippen LogP contribution in [0.4, 0.5) is 0 Å². The van der Waals surface area contributed by atoms with Crippen LogP contribution >= 0.6 is 0 Å². The Bertz CT molecular complexity index is 211. The molecule has 1 aliphatic rings. The van der Waals surface area contributed by atoms with Crippen molar-refractivity contribution in [1.29, 1.82) is 0 Å². The van der Waals surface area contributed by atoms with E-state index in [-0.39, 0.29) is 23.7 Å². The zero-order chi connectivity index (χ0) is 9.30. The fourth-order valence-corrected chi connectivity index (χ4v) is 1.56. The lowest BCUT2D eigenvalue weighted by atomic mass is 9.94. The molecule has 0 spiro atoms. The van der Waals surface area contributed by atoms with Crippen molar-refractivity contribution in [2.45, 2.75) is 27.2 Å². The standard InChI is InChI=1S/C9H15NO2/c1-4-10-8(11)5-7(6(2)3)9(10)12/h6-7H,4-5H2,1-3H3. The summed E-state index contributed by atoms with van der Waals surface area (Å²) in [6, 6.07) is 0. The van der Waals surface area contributed by atoms with Gasteiger partial charge in [-0.05, 0) is 12.8 Å². The van der Waals surface area contributed by atoms with Crippen LogP contribution in [0.15, 0.2) is 0 Å². The maximum atomic E-state index is 11.5. The van der Waals surface area contributed by atoms with Crippen molar-refractivity contribution in [3.05, 3.63) is 0 Å². The molecule has 3 heteroatoms. The van der Waals surface area contributed by atoms with E-state index in [1.165, 1.54) is 4.90 Å². The van der Waals surface area contributed by atoms with Gasteiger partial charge in [-0.15, -0.1) is 0 Å². The summed E-state index contributed by atoms with van der Waals surface area (Å²) < 4.78 is 0. The SMILES string of the molecule is CCN1C(=O)CC(C(C)C)C1=O. The third-order valence-corrected chi connectivity index (χ3v) is 2.40. The molecule has 0 N–H and O–H groups in total. The van der Waals surface area contributed by atoms with Crippen LogP contribution in [-0.2, 0) is 9.59 Å². The van der Waals surface area contributed by atoms with Crippen molar-refractivity contribution in [2.75, 3.05) is 6.54 Å². The summed E-state index contributed by atoms with van der Waals surface area (Å²) in [5.41, 5.74) is 0. The average molecular weight is 169 g/mol. The average Bonchev–Trinajstić information content (AvgIpc) is 2.27. The molecule has 1 rings (SSSR count). The van der Waals surface area contributed by atoms with Crippen LogP contribution in [-0.4, -0.2) is 23.3 Å². The van der Waals surface area contributed by atoms with Gasteiger partial charge in [-0.3, -0.25) is 14.5 Å². The van der Waals surface area contributed by atoms with Crippen molar-refractivity contribution in [3.8, 4) is 0 Å². The highest BCUT2D eigenvalue weighted by Gasteiger charge is 2.38. The van der Waals surface area contributed by atoms with Gasteiger partial charge in [0.2, 0.25) is 11.8 Å². The molecule has 12 heavy (non-hydrogen) atoms. The minimum absolute atomic E-state index is 0.0116. The molecule has 0 bridgehead atoms. The molecule has 0 aromatic rings. The van der Waals surface area contributed by atoms with Gasteiger partial charge in [0.05, 0.1) is 0 Å². The maximum Gasteiger partial charge on any atom is 0.233 e. The summed E-state index contributed by atoms with van der Waals surface area (Å²) >= 11 is 0. The van der Waals surface area contributed by atoms with E-state index in [4.69, 9.17) is 0 Å². The Morgan fingerprint density at radius 3 is 2.33 bits per heavy atom. The first-order chi connectivity index (χ1) is 5.57. The van der Waals surface area contributed by atoms with Gasteiger partial charge in [-0.2, -0.15) is 0 Å². The summed E-state index contributed by atoms with van der Waals surface area (Å²) in [5.74, 6) is 0.203. The first kappa shape index (κ1) is 9.23. The Labute approximate surface area is 72.7 Å². The van der Waals surface area contributed by atoms with Crippen molar-refractivity contribution in [2.24, 2.45) is 11.8 Å². The number of nitrogens with zero attached hydrogens (tertiary/aromatic N) is 1. The van der Waals surface area contributed by atoms with Crippen molar-refractivity contribution in [1.82, 2.24) is 4.90 Å². The van der Waals surface area contributed by atoms with Crippen molar-refractivity contribution in [3.63, 3.8) is 0 Å². The smallest absolute Gasteiger partial charge is 0.233 e. The molecule has 3 nitrogen and oxygen atoms in total. The largest absolute Gasteiger partial charge is 0.283 e. The molecule has 0 radical (unpaired) electrons. The third-order valence-electron chi connectivity index (χ3n) is 2.40. The first-order valence-corrected chi connectivity index (χ1v) is 4.42. The molecule has 1 atom stereocenters. The number of rotatable bonds is 2. The number of hydrogen-bond donors (Lipinski definition) is 0. The molecule has 2 amide bonds. The predicted molar refractivity (Wildman–Crippen MR) is 45.3 cm³/mol. The second kappa shape index (κ2) is 3.25. The van der Waals surface area contributed by atoms with Crippen molar-refractivity contribution >= 4 is 11.8 Å². The molecule has 0 aliphatic carbocycles. The molecule has 1 unspecified atom stereocenters. The van der Waals surface area contributed by atoms with E-state index < -0.39 is 0 Å². The molecule has 1 saturated heterocycles. The van der Waals surface area contributed by atoms with Crippen molar-refractivity contribution < 1.29 is 9.59 Å². The quantitative estimate of drug-likeness (QED) is 0.579. The normalized spacial score (nSPS) is 24.3. The molecule has 1 fully saturated rings. The van der Waals surface area contributed by atoms with E-state index in [0.717, 1.165) is 0 Å². The Morgan fingerprint density at radius 2 is 2.08 bits per heavy atom. The van der Waals surface area contributed by atoms with Gasteiger partial charge >= 0.3 is 0 Å². The minimum Gasteiger partial charge on any atom is -0.283 e. The molecule has 0 aromatic heterocycles. The summed E-state index contributed by atoms with van der Waals surface area (Å²) in [5, 5.41) is 0. The van der Waals surface area contributed by atoms with Gasteiger partial charge in [0.15, 0.2) is 0 Å². The van der Waals surface area contributed by atoms with Crippen LogP contribution in [0.3, 0.4) is 0 Å². The van der Waals surface area contributed by atoms with E-state index in [9.17, 15) is 9.59 Å². The van der Waals surface area contributed by atoms with E-state index in [1.807, 2.05) is 20.8 Å². The van der Waals surface area contributed by atoms with Crippen LogP contribution in [0.25, 0.3) is 0 Å². The first-order valence-electron chi connectivity index (χ1n) is 4.42. The Kier molecular flexibility index (Phi) is 2.50. The fraction of sp³-hybridized carbons (Fsp3) is 0.778. The number of likely N-dealkylation sites (tertiary alicyclic amines) is 1. The van der Waals surface area contributed by atoms with Crippen LogP contribution in [0.2, 0.25) is 0 Å². The van der Waals surface area contributed by atoms with Gasteiger partial charge in [0.25, 0.3) is 0 Å². The number of carbonyl (C=O) groups is 2. The third kappa shape index (κ3) is 1.36.